The first-order chi connectivity index (χ1) is 12.0. The van der Waals surface area contributed by atoms with Crippen molar-refractivity contribution >= 4 is 52.2 Å². The van der Waals surface area contributed by atoms with Gasteiger partial charge in [0.15, 0.2) is 0 Å². The summed E-state index contributed by atoms with van der Waals surface area (Å²) in [7, 11) is 0. The van der Waals surface area contributed by atoms with Crippen molar-refractivity contribution in [2.75, 3.05) is 0 Å². The number of aliphatic carboxylic acids is 1. The van der Waals surface area contributed by atoms with E-state index in [4.69, 9.17) is 27.9 Å². The zero-order valence-electron chi connectivity index (χ0n) is 12.8. The summed E-state index contributed by atoms with van der Waals surface area (Å²) in [4.78, 5) is 12.2. The number of carbonyl (C=O) groups is 1. The zero-order valence-corrected chi connectivity index (χ0v) is 15.1. The van der Waals surface area contributed by atoms with E-state index in [2.05, 4.69) is 0 Å². The molecule has 0 unspecified atom stereocenters. The van der Waals surface area contributed by atoms with Crippen molar-refractivity contribution in [3.8, 4) is 11.5 Å². The molecule has 25 heavy (non-hydrogen) atoms. The minimum absolute atomic E-state index is 0.254. The van der Waals surface area contributed by atoms with Crippen LogP contribution >= 0.6 is 34.5 Å². The Morgan fingerprint density at radius 2 is 1.84 bits per heavy atom. The summed E-state index contributed by atoms with van der Waals surface area (Å²) < 4.78 is 5.72. The Kier molecular flexibility index (Phi) is 5.43. The third-order valence-electron chi connectivity index (χ3n) is 3.33. The molecule has 0 radical (unpaired) electrons. The normalized spacial score (nSPS) is 11.4. The van der Waals surface area contributed by atoms with E-state index in [1.54, 1.807) is 54.6 Å². The first-order valence-electron chi connectivity index (χ1n) is 7.25. The molecular weight excluding hydrogens is 379 g/mol. The first kappa shape index (κ1) is 17.5. The van der Waals surface area contributed by atoms with Crippen LogP contribution in [0.25, 0.3) is 11.6 Å². The molecule has 2 aromatic carbocycles. The smallest absolute Gasteiger partial charge is 0.337 e. The number of benzene rings is 2. The van der Waals surface area contributed by atoms with Gasteiger partial charge in [0.1, 0.15) is 11.5 Å². The highest BCUT2D eigenvalue weighted by Crippen LogP contribution is 2.32. The van der Waals surface area contributed by atoms with E-state index in [0.717, 1.165) is 5.56 Å². The minimum atomic E-state index is -0.962. The van der Waals surface area contributed by atoms with E-state index in [1.807, 2.05) is 11.4 Å². The van der Waals surface area contributed by atoms with Gasteiger partial charge in [-0.05, 0) is 53.4 Å². The Labute approximate surface area is 158 Å². The van der Waals surface area contributed by atoms with Gasteiger partial charge in [0.05, 0.1) is 10.6 Å². The van der Waals surface area contributed by atoms with Gasteiger partial charge in [0.25, 0.3) is 0 Å². The predicted octanol–water partition coefficient (Wildman–Crippen LogP) is 6.47. The van der Waals surface area contributed by atoms with Crippen LogP contribution in [-0.4, -0.2) is 11.1 Å². The van der Waals surface area contributed by atoms with Crippen LogP contribution in [0.3, 0.4) is 0 Å². The van der Waals surface area contributed by atoms with Gasteiger partial charge in [-0.1, -0.05) is 41.4 Å². The summed E-state index contributed by atoms with van der Waals surface area (Å²) in [5.74, 6) is 0.129. The molecule has 0 saturated heterocycles. The molecular formula is C19H12Cl2O3S. The summed E-state index contributed by atoms with van der Waals surface area (Å²) in [5, 5.41) is 12.2. The number of rotatable bonds is 5. The van der Waals surface area contributed by atoms with E-state index in [1.165, 1.54) is 11.3 Å². The van der Waals surface area contributed by atoms with Crippen LogP contribution in [0.5, 0.6) is 11.5 Å². The Hall–Kier alpha value is -2.27. The number of carboxylic acids is 1. The van der Waals surface area contributed by atoms with Crippen LogP contribution in [0.4, 0.5) is 0 Å². The highest BCUT2D eigenvalue weighted by molar-refractivity contribution is 7.11. The molecule has 0 atom stereocenters. The van der Waals surface area contributed by atoms with Gasteiger partial charge in [-0.2, -0.15) is 0 Å². The van der Waals surface area contributed by atoms with Crippen LogP contribution in [0.2, 0.25) is 10.0 Å². The molecule has 6 heteroatoms. The maximum atomic E-state index is 11.5. The molecule has 1 N–H and O–H groups in total. The van der Waals surface area contributed by atoms with Crippen LogP contribution in [0, 0.1) is 0 Å². The standard InChI is InChI=1S/C19H12Cl2O3S/c20-13-5-8-17(16(21)11-13)24-14-6-3-12(4-7-14)10-15(19(22)23)18-2-1-9-25-18/h1-11H,(H,22,23)/b15-10-. The van der Waals surface area contributed by atoms with Crippen molar-refractivity contribution in [2.24, 2.45) is 0 Å². The van der Waals surface area contributed by atoms with E-state index in [0.29, 0.717) is 26.4 Å². The second kappa shape index (κ2) is 7.74. The van der Waals surface area contributed by atoms with Gasteiger partial charge >= 0.3 is 5.97 Å². The molecule has 0 aliphatic heterocycles. The Morgan fingerprint density at radius 3 is 2.44 bits per heavy atom. The lowest BCUT2D eigenvalue weighted by Crippen LogP contribution is -1.97. The van der Waals surface area contributed by atoms with Crippen molar-refractivity contribution in [1.29, 1.82) is 0 Å². The number of halogens is 2. The molecule has 3 rings (SSSR count). The molecule has 3 aromatic rings. The predicted molar refractivity (Wildman–Crippen MR) is 103 cm³/mol. The number of ether oxygens (including phenoxy) is 1. The van der Waals surface area contributed by atoms with Crippen molar-refractivity contribution < 1.29 is 14.6 Å². The number of carboxylic acid groups (broad SMARTS) is 1. The lowest BCUT2D eigenvalue weighted by molar-refractivity contribution is -0.130. The van der Waals surface area contributed by atoms with Crippen LogP contribution in [-0.2, 0) is 4.79 Å². The van der Waals surface area contributed by atoms with Crippen molar-refractivity contribution in [2.45, 2.75) is 0 Å². The fourth-order valence-corrected chi connectivity index (χ4v) is 3.33. The third-order valence-corrected chi connectivity index (χ3v) is 4.76. The second-order valence-electron chi connectivity index (χ2n) is 5.09. The number of hydrogen-bond acceptors (Lipinski definition) is 3. The first-order valence-corrected chi connectivity index (χ1v) is 8.88. The average Bonchev–Trinajstić information content (AvgIpc) is 3.10. The molecule has 1 heterocycles. The molecule has 0 bridgehead atoms. The molecule has 0 saturated carbocycles. The highest BCUT2D eigenvalue weighted by atomic mass is 35.5. The van der Waals surface area contributed by atoms with Crippen molar-refractivity contribution in [3.63, 3.8) is 0 Å². The molecule has 0 spiro atoms. The Balaban J connectivity index is 1.82. The fourth-order valence-electron chi connectivity index (χ4n) is 2.15. The lowest BCUT2D eigenvalue weighted by Gasteiger charge is -2.08. The molecule has 0 aliphatic rings. The monoisotopic (exact) mass is 390 g/mol. The van der Waals surface area contributed by atoms with Crippen molar-refractivity contribution in [1.82, 2.24) is 0 Å². The van der Waals surface area contributed by atoms with E-state index in [9.17, 15) is 9.90 Å². The molecule has 3 nitrogen and oxygen atoms in total. The van der Waals surface area contributed by atoms with Gasteiger partial charge < -0.3 is 9.84 Å². The maximum Gasteiger partial charge on any atom is 0.337 e. The molecule has 126 valence electrons. The fraction of sp³-hybridized carbons (Fsp3) is 0. The van der Waals surface area contributed by atoms with Gasteiger partial charge in [-0.3, -0.25) is 0 Å². The topological polar surface area (TPSA) is 46.5 Å². The summed E-state index contributed by atoms with van der Waals surface area (Å²) in [6.45, 7) is 0. The Bertz CT molecular complexity index is 916. The summed E-state index contributed by atoms with van der Waals surface area (Å²) in [6.07, 6.45) is 1.63. The SMILES string of the molecule is O=C(O)/C(=C\c1ccc(Oc2ccc(Cl)cc2Cl)cc1)c1cccs1. The quantitative estimate of drug-likeness (QED) is 0.507. The molecule has 0 amide bonds. The van der Waals surface area contributed by atoms with Gasteiger partial charge in [-0.15, -0.1) is 11.3 Å². The average molecular weight is 391 g/mol. The lowest BCUT2D eigenvalue weighted by atomic mass is 10.1. The van der Waals surface area contributed by atoms with Crippen LogP contribution in [0.1, 0.15) is 10.4 Å². The van der Waals surface area contributed by atoms with Crippen LogP contribution in [0.15, 0.2) is 60.0 Å². The van der Waals surface area contributed by atoms with E-state index >= 15 is 0 Å². The minimum Gasteiger partial charge on any atom is -0.478 e. The highest BCUT2D eigenvalue weighted by Gasteiger charge is 2.11. The summed E-state index contributed by atoms with van der Waals surface area (Å²) in [6, 6.07) is 15.7. The molecule has 1 aromatic heterocycles. The van der Waals surface area contributed by atoms with E-state index < -0.39 is 5.97 Å². The largest absolute Gasteiger partial charge is 0.478 e. The van der Waals surface area contributed by atoms with Gasteiger partial charge in [0.2, 0.25) is 0 Å². The number of hydrogen-bond donors (Lipinski definition) is 1. The maximum absolute atomic E-state index is 11.5. The zero-order chi connectivity index (χ0) is 17.8. The van der Waals surface area contributed by atoms with Crippen LogP contribution < -0.4 is 4.74 Å². The van der Waals surface area contributed by atoms with Gasteiger partial charge in [-0.25, -0.2) is 4.79 Å². The summed E-state index contributed by atoms with van der Waals surface area (Å²) >= 11 is 13.3. The van der Waals surface area contributed by atoms with Gasteiger partial charge in [0, 0.05) is 9.90 Å². The number of thiophene rings is 1. The van der Waals surface area contributed by atoms with Crippen molar-refractivity contribution in [3.05, 3.63) is 80.5 Å². The Morgan fingerprint density at radius 1 is 1.08 bits per heavy atom. The van der Waals surface area contributed by atoms with E-state index in [-0.39, 0.29) is 5.57 Å². The summed E-state index contributed by atoms with van der Waals surface area (Å²) in [5.41, 5.74) is 1.02. The second-order valence-corrected chi connectivity index (χ2v) is 6.88. The molecule has 0 fully saturated rings. The third kappa shape index (κ3) is 4.42. The molecule has 0 aliphatic carbocycles.